The Bertz CT molecular complexity index is 893. The Hall–Kier alpha value is -2.86. The third-order valence-electron chi connectivity index (χ3n) is 3.85. The van der Waals surface area contributed by atoms with Gasteiger partial charge in [-0.15, -0.1) is 0 Å². The van der Waals surface area contributed by atoms with Crippen molar-refractivity contribution in [3.63, 3.8) is 0 Å². The topological polar surface area (TPSA) is 81.7 Å². The van der Waals surface area contributed by atoms with Crippen molar-refractivity contribution in [3.8, 4) is 11.5 Å². The van der Waals surface area contributed by atoms with E-state index in [0.717, 1.165) is 0 Å². The zero-order chi connectivity index (χ0) is 18.7. The lowest BCUT2D eigenvalue weighted by molar-refractivity contribution is -0.118. The van der Waals surface area contributed by atoms with Crippen LogP contribution in [0.2, 0.25) is 5.02 Å². The molecule has 1 aliphatic heterocycles. The maximum absolute atomic E-state index is 12.1. The fourth-order valence-electron chi connectivity index (χ4n) is 2.66. The molecule has 0 saturated heterocycles. The van der Waals surface area contributed by atoms with E-state index in [2.05, 4.69) is 5.32 Å². The number of amides is 1. The highest BCUT2D eigenvalue weighted by Gasteiger charge is 2.26. The number of benzene rings is 2. The van der Waals surface area contributed by atoms with Crippen LogP contribution in [0.3, 0.4) is 0 Å². The number of anilines is 1. The van der Waals surface area contributed by atoms with Crippen LogP contribution in [-0.2, 0) is 4.79 Å². The summed E-state index contributed by atoms with van der Waals surface area (Å²) in [6.45, 7) is 1.25. The van der Waals surface area contributed by atoms with Crippen molar-refractivity contribution in [2.75, 3.05) is 18.5 Å². The van der Waals surface area contributed by atoms with Crippen LogP contribution in [0, 0.1) is 0 Å². The third-order valence-corrected chi connectivity index (χ3v) is 4.18. The first-order chi connectivity index (χ1) is 12.5. The molecule has 2 aromatic carbocycles. The van der Waals surface area contributed by atoms with Crippen LogP contribution < -0.4 is 14.8 Å². The van der Waals surface area contributed by atoms with Gasteiger partial charge >= 0.3 is 0 Å². The number of nitrogens with one attached hydrogen (secondary N) is 1. The molecule has 3 rings (SSSR count). The van der Waals surface area contributed by atoms with Crippen LogP contribution in [0.4, 0.5) is 5.69 Å². The molecule has 0 aliphatic carbocycles. The van der Waals surface area contributed by atoms with Crippen LogP contribution in [0.15, 0.2) is 36.4 Å². The minimum Gasteiger partial charge on any atom is -0.491 e. The summed E-state index contributed by atoms with van der Waals surface area (Å²) in [4.78, 5) is 36.1. The molecule has 134 valence electrons. The van der Waals surface area contributed by atoms with Crippen molar-refractivity contribution in [2.24, 2.45) is 0 Å². The second-order valence-electron chi connectivity index (χ2n) is 5.71. The number of ether oxygens (including phenoxy) is 2. The van der Waals surface area contributed by atoms with Crippen molar-refractivity contribution in [2.45, 2.75) is 13.3 Å². The van der Waals surface area contributed by atoms with Gasteiger partial charge in [-0.1, -0.05) is 23.7 Å². The van der Waals surface area contributed by atoms with Crippen molar-refractivity contribution >= 4 is 34.8 Å². The summed E-state index contributed by atoms with van der Waals surface area (Å²) >= 11 is 6.00. The van der Waals surface area contributed by atoms with Crippen molar-refractivity contribution in [1.82, 2.24) is 0 Å². The molecule has 0 bridgehead atoms. The molecule has 0 unspecified atom stereocenters. The van der Waals surface area contributed by atoms with Crippen LogP contribution in [0.25, 0.3) is 0 Å². The van der Waals surface area contributed by atoms with Gasteiger partial charge in [0.25, 0.3) is 5.91 Å². The number of hydrogen-bond donors (Lipinski definition) is 1. The molecule has 1 amide bonds. The Morgan fingerprint density at radius 1 is 1.23 bits per heavy atom. The molecule has 0 atom stereocenters. The number of halogens is 1. The summed E-state index contributed by atoms with van der Waals surface area (Å²) in [7, 11) is 0. The Morgan fingerprint density at radius 3 is 2.73 bits per heavy atom. The molecule has 0 fully saturated rings. The molecule has 0 spiro atoms. The van der Waals surface area contributed by atoms with Gasteiger partial charge in [0.15, 0.2) is 18.2 Å². The van der Waals surface area contributed by atoms with E-state index in [-0.39, 0.29) is 48.3 Å². The third kappa shape index (κ3) is 3.70. The molecule has 6 nitrogen and oxygen atoms in total. The fourth-order valence-corrected chi connectivity index (χ4v) is 2.84. The zero-order valence-corrected chi connectivity index (χ0v) is 14.8. The molecule has 0 aromatic heterocycles. The van der Waals surface area contributed by atoms with Gasteiger partial charge in [-0.25, -0.2) is 0 Å². The summed E-state index contributed by atoms with van der Waals surface area (Å²) in [5.41, 5.74) is 0.990. The zero-order valence-electron chi connectivity index (χ0n) is 14.0. The maximum atomic E-state index is 12.1. The predicted octanol–water partition coefficient (Wildman–Crippen LogP) is 3.53. The summed E-state index contributed by atoms with van der Waals surface area (Å²) in [5.74, 6) is -0.407. The first kappa shape index (κ1) is 17.9. The number of ketones is 2. The van der Waals surface area contributed by atoms with Gasteiger partial charge in [0.1, 0.15) is 17.1 Å². The van der Waals surface area contributed by atoms with E-state index in [1.165, 1.54) is 13.0 Å². The molecule has 1 aliphatic rings. The van der Waals surface area contributed by atoms with Gasteiger partial charge in [0.05, 0.1) is 22.9 Å². The SMILES string of the molecule is CC(=O)c1c(OCC(=O)Nc2ccccc2Cl)ccc2c1OCCC2=O. The summed E-state index contributed by atoms with van der Waals surface area (Å²) in [6.07, 6.45) is 0.269. The second kappa shape index (κ2) is 7.58. The van der Waals surface area contributed by atoms with E-state index in [0.29, 0.717) is 16.3 Å². The minimum absolute atomic E-state index is 0.0863. The maximum Gasteiger partial charge on any atom is 0.262 e. The fraction of sp³-hybridized carbons (Fsp3) is 0.211. The standard InChI is InChI=1S/C19H16ClNO5/c1-11(22)18-16(7-6-12-15(23)8-9-25-19(12)18)26-10-17(24)21-14-5-3-2-4-13(14)20/h2-7H,8-10H2,1H3,(H,21,24). The monoisotopic (exact) mass is 373 g/mol. The molecule has 26 heavy (non-hydrogen) atoms. The lowest BCUT2D eigenvalue weighted by Crippen LogP contribution is -2.22. The van der Waals surface area contributed by atoms with Crippen molar-refractivity contribution in [3.05, 3.63) is 52.5 Å². The highest BCUT2D eigenvalue weighted by atomic mass is 35.5. The van der Waals surface area contributed by atoms with E-state index < -0.39 is 5.91 Å². The van der Waals surface area contributed by atoms with E-state index in [1.807, 2.05) is 0 Å². The number of Topliss-reactive ketones (excluding diaryl/α,β-unsaturated/α-hetero) is 2. The molecule has 0 radical (unpaired) electrons. The van der Waals surface area contributed by atoms with Gasteiger partial charge < -0.3 is 14.8 Å². The minimum atomic E-state index is -0.428. The Morgan fingerprint density at radius 2 is 2.00 bits per heavy atom. The highest BCUT2D eigenvalue weighted by Crippen LogP contribution is 2.36. The molecule has 7 heteroatoms. The lowest BCUT2D eigenvalue weighted by atomic mass is 9.98. The first-order valence-electron chi connectivity index (χ1n) is 7.98. The van der Waals surface area contributed by atoms with Crippen molar-refractivity contribution < 1.29 is 23.9 Å². The Kier molecular flexibility index (Phi) is 5.23. The normalized spacial score (nSPS) is 12.8. The van der Waals surface area contributed by atoms with Gasteiger partial charge in [-0.3, -0.25) is 14.4 Å². The van der Waals surface area contributed by atoms with E-state index in [9.17, 15) is 14.4 Å². The average molecular weight is 374 g/mol. The Balaban J connectivity index is 1.78. The van der Waals surface area contributed by atoms with Gasteiger partial charge in [-0.2, -0.15) is 0 Å². The number of carbonyl (C=O) groups excluding carboxylic acids is 3. The highest BCUT2D eigenvalue weighted by molar-refractivity contribution is 6.33. The lowest BCUT2D eigenvalue weighted by Gasteiger charge is -2.20. The van der Waals surface area contributed by atoms with E-state index in [1.54, 1.807) is 30.3 Å². The van der Waals surface area contributed by atoms with Crippen molar-refractivity contribution in [1.29, 1.82) is 0 Å². The summed E-state index contributed by atoms with van der Waals surface area (Å²) in [6, 6.07) is 9.87. The summed E-state index contributed by atoms with van der Waals surface area (Å²) in [5, 5.41) is 3.04. The number of carbonyl (C=O) groups is 3. The van der Waals surface area contributed by atoms with Gasteiger partial charge in [0.2, 0.25) is 0 Å². The molecular weight excluding hydrogens is 358 g/mol. The van der Waals surface area contributed by atoms with E-state index in [4.69, 9.17) is 21.1 Å². The number of rotatable bonds is 5. The van der Waals surface area contributed by atoms with Crippen LogP contribution >= 0.6 is 11.6 Å². The number of fused-ring (bicyclic) bond motifs is 1. The smallest absolute Gasteiger partial charge is 0.262 e. The molecule has 2 aromatic rings. The Labute approximate surface area is 155 Å². The second-order valence-corrected chi connectivity index (χ2v) is 6.12. The number of para-hydroxylation sites is 1. The largest absolute Gasteiger partial charge is 0.491 e. The van der Waals surface area contributed by atoms with Crippen LogP contribution in [-0.4, -0.2) is 30.7 Å². The van der Waals surface area contributed by atoms with Crippen LogP contribution in [0.5, 0.6) is 11.5 Å². The van der Waals surface area contributed by atoms with Gasteiger partial charge in [0, 0.05) is 6.42 Å². The molecule has 0 saturated carbocycles. The number of hydrogen-bond acceptors (Lipinski definition) is 5. The van der Waals surface area contributed by atoms with Gasteiger partial charge in [-0.05, 0) is 31.2 Å². The molecule has 1 N–H and O–H groups in total. The predicted molar refractivity (Wildman–Crippen MR) is 96.5 cm³/mol. The first-order valence-corrected chi connectivity index (χ1v) is 8.36. The molecule has 1 heterocycles. The average Bonchev–Trinajstić information content (AvgIpc) is 2.61. The summed E-state index contributed by atoms with van der Waals surface area (Å²) < 4.78 is 11.0. The van der Waals surface area contributed by atoms with E-state index >= 15 is 0 Å². The molecular formula is C19H16ClNO5. The quantitative estimate of drug-likeness (QED) is 0.811. The van der Waals surface area contributed by atoms with Crippen LogP contribution in [0.1, 0.15) is 34.1 Å².